The van der Waals surface area contributed by atoms with E-state index in [1.54, 1.807) is 13.3 Å². The van der Waals surface area contributed by atoms with Gasteiger partial charge >= 0.3 is 0 Å². The molecule has 1 unspecified atom stereocenters. The van der Waals surface area contributed by atoms with Crippen LogP contribution in [0.15, 0.2) is 22.9 Å². The van der Waals surface area contributed by atoms with E-state index in [1.807, 2.05) is 19.2 Å². The molecule has 0 aliphatic heterocycles. The van der Waals surface area contributed by atoms with Crippen molar-refractivity contribution >= 4 is 15.9 Å². The quantitative estimate of drug-likeness (QED) is 0.894. The maximum Gasteiger partial charge on any atom is 0.0479 e. The van der Waals surface area contributed by atoms with Gasteiger partial charge in [-0.2, -0.15) is 0 Å². The van der Waals surface area contributed by atoms with Gasteiger partial charge in [-0.1, -0.05) is 0 Å². The average molecular weight is 273 g/mol. The Labute approximate surface area is 99.2 Å². The molecule has 0 spiro atoms. The SMILES string of the molecule is COCCC(C)(N)Cc1cncc(Br)c1. The molecule has 0 fully saturated rings. The van der Waals surface area contributed by atoms with Crippen LogP contribution in [-0.2, 0) is 11.2 Å². The molecule has 15 heavy (non-hydrogen) atoms. The number of rotatable bonds is 5. The van der Waals surface area contributed by atoms with Crippen LogP contribution in [0.2, 0.25) is 0 Å². The van der Waals surface area contributed by atoms with E-state index in [-0.39, 0.29) is 5.54 Å². The normalized spacial score (nSPS) is 14.9. The van der Waals surface area contributed by atoms with E-state index in [9.17, 15) is 0 Å². The van der Waals surface area contributed by atoms with Crippen LogP contribution in [-0.4, -0.2) is 24.2 Å². The van der Waals surface area contributed by atoms with Gasteiger partial charge in [0, 0.05) is 36.1 Å². The third-order valence-corrected chi connectivity index (χ3v) is 2.68. The fourth-order valence-electron chi connectivity index (χ4n) is 1.44. The Morgan fingerprint density at radius 1 is 1.53 bits per heavy atom. The second-order valence-corrected chi connectivity index (χ2v) is 5.00. The van der Waals surface area contributed by atoms with Crippen LogP contribution in [0.4, 0.5) is 0 Å². The van der Waals surface area contributed by atoms with Gasteiger partial charge in [0.15, 0.2) is 0 Å². The fraction of sp³-hybridized carbons (Fsp3) is 0.545. The molecule has 1 aromatic rings. The van der Waals surface area contributed by atoms with E-state index in [1.165, 1.54) is 0 Å². The summed E-state index contributed by atoms with van der Waals surface area (Å²) in [4.78, 5) is 4.11. The predicted octanol–water partition coefficient (Wildman–Crippen LogP) is 2.14. The molecule has 0 radical (unpaired) electrons. The van der Waals surface area contributed by atoms with E-state index in [2.05, 4.69) is 20.9 Å². The number of pyridine rings is 1. The first-order chi connectivity index (χ1) is 7.03. The van der Waals surface area contributed by atoms with E-state index in [0.29, 0.717) is 6.61 Å². The summed E-state index contributed by atoms with van der Waals surface area (Å²) in [6.45, 7) is 2.72. The summed E-state index contributed by atoms with van der Waals surface area (Å²) in [7, 11) is 1.69. The third-order valence-electron chi connectivity index (χ3n) is 2.25. The van der Waals surface area contributed by atoms with Crippen molar-refractivity contribution in [3.05, 3.63) is 28.5 Å². The number of halogens is 1. The van der Waals surface area contributed by atoms with Crippen molar-refractivity contribution in [2.75, 3.05) is 13.7 Å². The first kappa shape index (κ1) is 12.6. The number of hydrogen-bond donors (Lipinski definition) is 1. The van der Waals surface area contributed by atoms with Crippen molar-refractivity contribution in [1.82, 2.24) is 4.98 Å². The zero-order valence-electron chi connectivity index (χ0n) is 9.16. The second-order valence-electron chi connectivity index (χ2n) is 4.09. The van der Waals surface area contributed by atoms with Gasteiger partial charge in [-0.25, -0.2) is 0 Å². The minimum atomic E-state index is -0.238. The Balaban J connectivity index is 2.60. The molecule has 0 aromatic carbocycles. The molecule has 4 heteroatoms. The van der Waals surface area contributed by atoms with Gasteiger partial charge < -0.3 is 10.5 Å². The third kappa shape index (κ3) is 4.73. The van der Waals surface area contributed by atoms with Crippen molar-refractivity contribution in [1.29, 1.82) is 0 Å². The van der Waals surface area contributed by atoms with Crippen LogP contribution in [0.5, 0.6) is 0 Å². The summed E-state index contributed by atoms with van der Waals surface area (Å²) in [5.74, 6) is 0. The monoisotopic (exact) mass is 272 g/mol. The lowest BCUT2D eigenvalue weighted by Crippen LogP contribution is -2.39. The lowest BCUT2D eigenvalue weighted by molar-refractivity contribution is 0.171. The molecule has 0 amide bonds. The minimum absolute atomic E-state index is 0.238. The first-order valence-electron chi connectivity index (χ1n) is 4.91. The Morgan fingerprint density at radius 2 is 2.27 bits per heavy atom. The van der Waals surface area contributed by atoms with Crippen LogP contribution in [0.1, 0.15) is 18.9 Å². The summed E-state index contributed by atoms with van der Waals surface area (Å²) in [5, 5.41) is 0. The van der Waals surface area contributed by atoms with Crippen molar-refractivity contribution in [2.45, 2.75) is 25.3 Å². The molecule has 1 heterocycles. The number of nitrogens with two attached hydrogens (primary N) is 1. The standard InChI is InChI=1S/C11H17BrN2O/c1-11(13,3-4-15-2)6-9-5-10(12)8-14-7-9/h5,7-8H,3-4,6,13H2,1-2H3. The number of methoxy groups -OCH3 is 1. The molecular weight excluding hydrogens is 256 g/mol. The molecule has 1 aromatic heterocycles. The predicted molar refractivity (Wildman–Crippen MR) is 64.7 cm³/mol. The largest absolute Gasteiger partial charge is 0.385 e. The first-order valence-corrected chi connectivity index (χ1v) is 5.70. The van der Waals surface area contributed by atoms with Crippen molar-refractivity contribution < 1.29 is 4.74 Å². The Bertz CT molecular complexity index is 315. The summed E-state index contributed by atoms with van der Waals surface area (Å²) >= 11 is 3.39. The zero-order valence-corrected chi connectivity index (χ0v) is 10.8. The molecule has 3 nitrogen and oxygen atoms in total. The molecule has 1 atom stereocenters. The highest BCUT2D eigenvalue weighted by Gasteiger charge is 2.18. The fourth-order valence-corrected chi connectivity index (χ4v) is 1.85. The molecule has 84 valence electrons. The second kappa shape index (κ2) is 5.58. The number of hydrogen-bond acceptors (Lipinski definition) is 3. The van der Waals surface area contributed by atoms with Crippen LogP contribution >= 0.6 is 15.9 Å². The van der Waals surface area contributed by atoms with Crippen molar-refractivity contribution in [3.8, 4) is 0 Å². The molecule has 1 rings (SSSR count). The Morgan fingerprint density at radius 3 is 2.87 bits per heavy atom. The molecule has 0 saturated heterocycles. The summed E-state index contributed by atoms with van der Waals surface area (Å²) in [6.07, 6.45) is 5.27. The molecule has 0 aliphatic rings. The maximum absolute atomic E-state index is 6.16. The van der Waals surface area contributed by atoms with E-state index in [4.69, 9.17) is 10.5 Å². The number of aromatic nitrogens is 1. The molecule has 0 aliphatic carbocycles. The van der Waals surface area contributed by atoms with Crippen LogP contribution in [0.3, 0.4) is 0 Å². The molecule has 2 N–H and O–H groups in total. The number of nitrogens with zero attached hydrogens (tertiary/aromatic N) is 1. The molecular formula is C11H17BrN2O. The summed E-state index contributed by atoms with van der Waals surface area (Å²) < 4.78 is 6.02. The van der Waals surface area contributed by atoms with Gasteiger partial charge in [0.05, 0.1) is 0 Å². The van der Waals surface area contributed by atoms with Crippen LogP contribution in [0, 0.1) is 0 Å². The smallest absolute Gasteiger partial charge is 0.0479 e. The highest BCUT2D eigenvalue weighted by Crippen LogP contribution is 2.16. The van der Waals surface area contributed by atoms with Gasteiger partial charge in [0.1, 0.15) is 0 Å². The van der Waals surface area contributed by atoms with Crippen LogP contribution in [0.25, 0.3) is 0 Å². The van der Waals surface area contributed by atoms with E-state index in [0.717, 1.165) is 22.9 Å². The Hall–Kier alpha value is -0.450. The van der Waals surface area contributed by atoms with Gasteiger partial charge in [-0.15, -0.1) is 0 Å². The lowest BCUT2D eigenvalue weighted by Gasteiger charge is -2.24. The lowest BCUT2D eigenvalue weighted by atomic mass is 9.92. The highest BCUT2D eigenvalue weighted by molar-refractivity contribution is 9.10. The van der Waals surface area contributed by atoms with E-state index >= 15 is 0 Å². The molecule has 0 bridgehead atoms. The maximum atomic E-state index is 6.16. The summed E-state index contributed by atoms with van der Waals surface area (Å²) in [6, 6.07) is 2.05. The minimum Gasteiger partial charge on any atom is -0.385 e. The topological polar surface area (TPSA) is 48.1 Å². The number of ether oxygens (including phenoxy) is 1. The Kier molecular flexibility index (Phi) is 4.70. The van der Waals surface area contributed by atoms with Crippen molar-refractivity contribution in [2.24, 2.45) is 5.73 Å². The van der Waals surface area contributed by atoms with Gasteiger partial charge in [-0.3, -0.25) is 4.98 Å². The van der Waals surface area contributed by atoms with Crippen molar-refractivity contribution in [3.63, 3.8) is 0 Å². The van der Waals surface area contributed by atoms with Gasteiger partial charge in [0.2, 0.25) is 0 Å². The van der Waals surface area contributed by atoms with E-state index < -0.39 is 0 Å². The van der Waals surface area contributed by atoms with Gasteiger partial charge in [-0.05, 0) is 47.3 Å². The van der Waals surface area contributed by atoms with Gasteiger partial charge in [0.25, 0.3) is 0 Å². The molecule has 0 saturated carbocycles. The summed E-state index contributed by atoms with van der Waals surface area (Å²) in [5.41, 5.74) is 7.07. The zero-order chi connectivity index (χ0) is 11.3. The highest BCUT2D eigenvalue weighted by atomic mass is 79.9. The van der Waals surface area contributed by atoms with Crippen LogP contribution < -0.4 is 5.73 Å². The average Bonchev–Trinajstić information content (AvgIpc) is 2.14.